The standard InChI is InChI=1S/C15H16ClNO2/c1-19-15(6-3-7-15)9-14(18)13(10-17)11-4-2-5-12(16)8-11/h2,4-5,8,13H,3,6-7,9H2,1H3. The zero-order valence-electron chi connectivity index (χ0n) is 10.9. The van der Waals surface area contributed by atoms with Crippen LogP contribution in [0.5, 0.6) is 0 Å². The average molecular weight is 278 g/mol. The molecule has 0 saturated heterocycles. The molecule has 1 aromatic rings. The summed E-state index contributed by atoms with van der Waals surface area (Å²) in [5, 5.41) is 9.78. The van der Waals surface area contributed by atoms with Crippen LogP contribution in [0.3, 0.4) is 0 Å². The molecule has 0 bridgehead atoms. The van der Waals surface area contributed by atoms with Gasteiger partial charge in [0, 0.05) is 18.6 Å². The van der Waals surface area contributed by atoms with Gasteiger partial charge in [-0.15, -0.1) is 0 Å². The quantitative estimate of drug-likeness (QED) is 0.828. The number of carbonyl (C=O) groups excluding carboxylic acids is 1. The Bertz CT molecular complexity index is 512. The van der Waals surface area contributed by atoms with Gasteiger partial charge in [-0.3, -0.25) is 4.79 Å². The molecule has 1 unspecified atom stereocenters. The molecule has 19 heavy (non-hydrogen) atoms. The summed E-state index contributed by atoms with van der Waals surface area (Å²) in [4.78, 5) is 12.3. The first-order valence-electron chi connectivity index (χ1n) is 6.33. The number of nitrogens with zero attached hydrogens (tertiary/aromatic N) is 1. The van der Waals surface area contributed by atoms with Crippen LogP contribution < -0.4 is 0 Å². The Balaban J connectivity index is 2.14. The van der Waals surface area contributed by atoms with E-state index in [4.69, 9.17) is 16.3 Å². The van der Waals surface area contributed by atoms with E-state index in [0.717, 1.165) is 19.3 Å². The number of carbonyl (C=O) groups is 1. The van der Waals surface area contributed by atoms with Crippen molar-refractivity contribution in [2.75, 3.05) is 7.11 Å². The van der Waals surface area contributed by atoms with Gasteiger partial charge in [0.05, 0.1) is 11.7 Å². The minimum atomic E-state index is -0.758. The highest BCUT2D eigenvalue weighted by atomic mass is 35.5. The predicted molar refractivity (Wildman–Crippen MR) is 73.0 cm³/mol. The molecule has 0 heterocycles. The molecule has 0 aromatic heterocycles. The minimum Gasteiger partial charge on any atom is -0.378 e. The van der Waals surface area contributed by atoms with Gasteiger partial charge in [0.15, 0.2) is 5.78 Å². The monoisotopic (exact) mass is 277 g/mol. The second-order valence-corrected chi connectivity index (χ2v) is 5.44. The van der Waals surface area contributed by atoms with Crippen LogP contribution in [0.25, 0.3) is 0 Å². The van der Waals surface area contributed by atoms with E-state index in [2.05, 4.69) is 6.07 Å². The van der Waals surface area contributed by atoms with Gasteiger partial charge in [-0.25, -0.2) is 0 Å². The number of methoxy groups -OCH3 is 1. The van der Waals surface area contributed by atoms with Crippen molar-refractivity contribution in [1.82, 2.24) is 0 Å². The lowest BCUT2D eigenvalue weighted by atomic mass is 9.74. The van der Waals surface area contributed by atoms with Gasteiger partial charge in [-0.05, 0) is 37.0 Å². The number of rotatable bonds is 5. The highest BCUT2D eigenvalue weighted by Crippen LogP contribution is 2.39. The summed E-state index contributed by atoms with van der Waals surface area (Å²) < 4.78 is 5.44. The summed E-state index contributed by atoms with van der Waals surface area (Å²) in [7, 11) is 1.63. The van der Waals surface area contributed by atoms with Gasteiger partial charge in [0.1, 0.15) is 5.92 Å². The topological polar surface area (TPSA) is 50.1 Å². The number of Topliss-reactive ketones (excluding diaryl/α,β-unsaturated/α-hetero) is 1. The van der Waals surface area contributed by atoms with Crippen LogP contribution in [0.15, 0.2) is 24.3 Å². The molecule has 0 amide bonds. The molecular formula is C15H16ClNO2. The van der Waals surface area contributed by atoms with E-state index in [9.17, 15) is 10.1 Å². The Morgan fingerprint density at radius 1 is 1.58 bits per heavy atom. The molecule has 100 valence electrons. The van der Waals surface area contributed by atoms with E-state index >= 15 is 0 Å². The van der Waals surface area contributed by atoms with E-state index in [-0.39, 0.29) is 11.4 Å². The van der Waals surface area contributed by atoms with E-state index in [1.54, 1.807) is 31.4 Å². The van der Waals surface area contributed by atoms with E-state index in [1.165, 1.54) is 0 Å². The Morgan fingerprint density at radius 3 is 2.79 bits per heavy atom. The number of benzene rings is 1. The molecule has 0 aliphatic heterocycles. The Morgan fingerprint density at radius 2 is 2.32 bits per heavy atom. The van der Waals surface area contributed by atoms with Crippen molar-refractivity contribution in [2.24, 2.45) is 0 Å². The average Bonchev–Trinajstić information content (AvgIpc) is 2.35. The first-order valence-corrected chi connectivity index (χ1v) is 6.71. The molecule has 1 atom stereocenters. The highest BCUT2D eigenvalue weighted by molar-refractivity contribution is 6.30. The molecule has 1 fully saturated rings. The summed E-state index contributed by atoms with van der Waals surface area (Å²) in [6, 6.07) is 9.00. The van der Waals surface area contributed by atoms with Crippen molar-refractivity contribution >= 4 is 17.4 Å². The van der Waals surface area contributed by atoms with Crippen LogP contribution in [0, 0.1) is 11.3 Å². The molecule has 0 radical (unpaired) electrons. The largest absolute Gasteiger partial charge is 0.378 e. The smallest absolute Gasteiger partial charge is 0.157 e. The van der Waals surface area contributed by atoms with Gasteiger partial charge in [0.25, 0.3) is 0 Å². The van der Waals surface area contributed by atoms with Crippen molar-refractivity contribution < 1.29 is 9.53 Å². The number of ether oxygens (including phenoxy) is 1. The van der Waals surface area contributed by atoms with Crippen molar-refractivity contribution in [3.8, 4) is 6.07 Å². The molecule has 4 heteroatoms. The van der Waals surface area contributed by atoms with E-state index < -0.39 is 5.92 Å². The van der Waals surface area contributed by atoms with Crippen molar-refractivity contribution in [2.45, 2.75) is 37.2 Å². The van der Waals surface area contributed by atoms with Crippen LogP contribution in [0.2, 0.25) is 5.02 Å². The molecule has 3 nitrogen and oxygen atoms in total. The van der Waals surface area contributed by atoms with Crippen molar-refractivity contribution in [1.29, 1.82) is 5.26 Å². The van der Waals surface area contributed by atoms with E-state index in [0.29, 0.717) is 17.0 Å². The van der Waals surface area contributed by atoms with Crippen molar-refractivity contribution in [3.05, 3.63) is 34.9 Å². The Hall–Kier alpha value is -1.37. The second-order valence-electron chi connectivity index (χ2n) is 5.00. The van der Waals surface area contributed by atoms with Gasteiger partial charge < -0.3 is 4.74 Å². The fraction of sp³-hybridized carbons (Fsp3) is 0.467. The third kappa shape index (κ3) is 2.97. The Labute approximate surface area is 118 Å². The second kappa shape index (κ2) is 5.73. The maximum Gasteiger partial charge on any atom is 0.157 e. The first kappa shape index (κ1) is 14.0. The fourth-order valence-corrected chi connectivity index (χ4v) is 2.66. The third-order valence-corrected chi connectivity index (χ3v) is 4.06. The van der Waals surface area contributed by atoms with Gasteiger partial charge in [-0.1, -0.05) is 23.7 Å². The van der Waals surface area contributed by atoms with Crippen LogP contribution in [0.4, 0.5) is 0 Å². The lowest BCUT2D eigenvalue weighted by Gasteiger charge is -2.40. The molecule has 2 rings (SSSR count). The summed E-state index contributed by atoms with van der Waals surface area (Å²) >= 11 is 5.90. The molecule has 0 N–H and O–H groups in total. The predicted octanol–water partition coefficient (Wildman–Crippen LogP) is 3.48. The zero-order valence-corrected chi connectivity index (χ0v) is 11.6. The van der Waals surface area contributed by atoms with Crippen LogP contribution in [-0.4, -0.2) is 18.5 Å². The zero-order chi connectivity index (χ0) is 13.9. The van der Waals surface area contributed by atoms with Gasteiger partial charge in [0.2, 0.25) is 0 Å². The number of hydrogen-bond acceptors (Lipinski definition) is 3. The summed E-state index contributed by atoms with van der Waals surface area (Å²) in [6.45, 7) is 0. The molecule has 1 saturated carbocycles. The normalized spacial score (nSPS) is 18.2. The third-order valence-electron chi connectivity index (χ3n) is 3.83. The van der Waals surface area contributed by atoms with Crippen LogP contribution in [-0.2, 0) is 9.53 Å². The number of nitriles is 1. The SMILES string of the molecule is COC1(CC(=O)C(C#N)c2cccc(Cl)c2)CCC1. The maximum atomic E-state index is 12.3. The molecule has 1 aromatic carbocycles. The summed E-state index contributed by atoms with van der Waals surface area (Å²) in [6.07, 6.45) is 3.16. The number of halogens is 1. The number of ketones is 1. The van der Waals surface area contributed by atoms with Gasteiger partial charge >= 0.3 is 0 Å². The summed E-state index contributed by atoms with van der Waals surface area (Å²) in [5.74, 6) is -0.849. The minimum absolute atomic E-state index is 0.0914. The maximum absolute atomic E-state index is 12.3. The van der Waals surface area contributed by atoms with Crippen LogP contribution in [0.1, 0.15) is 37.2 Å². The van der Waals surface area contributed by atoms with Gasteiger partial charge in [-0.2, -0.15) is 5.26 Å². The molecule has 0 spiro atoms. The van der Waals surface area contributed by atoms with Crippen molar-refractivity contribution in [3.63, 3.8) is 0 Å². The number of hydrogen-bond donors (Lipinski definition) is 0. The molecule has 1 aliphatic carbocycles. The molecule has 1 aliphatic rings. The summed E-state index contributed by atoms with van der Waals surface area (Å²) in [5.41, 5.74) is 0.315. The first-order chi connectivity index (χ1) is 9.10. The van der Waals surface area contributed by atoms with Crippen LogP contribution >= 0.6 is 11.6 Å². The lowest BCUT2D eigenvalue weighted by Crippen LogP contribution is -2.42. The Kier molecular flexibility index (Phi) is 4.24. The molecular weight excluding hydrogens is 262 g/mol. The lowest BCUT2D eigenvalue weighted by molar-refractivity contribution is -0.132. The fourth-order valence-electron chi connectivity index (χ4n) is 2.46. The highest BCUT2D eigenvalue weighted by Gasteiger charge is 2.40. The van der Waals surface area contributed by atoms with E-state index in [1.807, 2.05) is 0 Å².